The van der Waals surface area contributed by atoms with Gasteiger partial charge in [-0.15, -0.1) is 0 Å². The Labute approximate surface area is 161 Å². The molecule has 3 saturated heterocycles. The van der Waals surface area contributed by atoms with Crippen molar-refractivity contribution in [1.82, 2.24) is 0 Å². The Morgan fingerprint density at radius 1 is 0.964 bits per heavy atom. The molecule has 4 rings (SSSR count). The van der Waals surface area contributed by atoms with Crippen LogP contribution in [0.1, 0.15) is 26.7 Å². The van der Waals surface area contributed by atoms with Crippen LogP contribution in [0.15, 0.2) is 5.16 Å². The van der Waals surface area contributed by atoms with Crippen molar-refractivity contribution in [3.8, 4) is 0 Å². The van der Waals surface area contributed by atoms with Crippen LogP contribution in [-0.4, -0.2) is 105 Å². The number of aliphatic hydroxyl groups excluding tert-OH is 5. The first-order chi connectivity index (χ1) is 13.2. The van der Waals surface area contributed by atoms with E-state index in [-0.39, 0.29) is 6.42 Å². The number of aliphatic hydroxyl groups is 5. The van der Waals surface area contributed by atoms with Gasteiger partial charge < -0.3 is 49.3 Å². The van der Waals surface area contributed by atoms with Crippen LogP contribution < -0.4 is 0 Å². The predicted molar refractivity (Wildman–Crippen MR) is 90.0 cm³/mol. The summed E-state index contributed by atoms with van der Waals surface area (Å²) in [4.78, 5) is 5.43. The van der Waals surface area contributed by atoms with Crippen LogP contribution in [-0.2, 0) is 23.8 Å². The highest BCUT2D eigenvalue weighted by Crippen LogP contribution is 2.40. The summed E-state index contributed by atoms with van der Waals surface area (Å²) in [7, 11) is 0. The molecule has 3 fully saturated rings. The molecule has 28 heavy (non-hydrogen) atoms. The average Bonchev–Trinajstić information content (AvgIpc) is 3.30. The molecule has 0 aliphatic carbocycles. The maximum atomic E-state index is 10.2. The summed E-state index contributed by atoms with van der Waals surface area (Å²) < 4.78 is 22.5. The molecular formula is C17H27NO10. The number of nitrogens with zero attached hydrogens (tertiary/aromatic N) is 1. The lowest BCUT2D eigenvalue weighted by atomic mass is 9.91. The van der Waals surface area contributed by atoms with E-state index in [9.17, 15) is 25.5 Å². The molecule has 4 aliphatic heterocycles. The Morgan fingerprint density at radius 3 is 2.36 bits per heavy atom. The molecule has 4 aliphatic rings. The Hall–Kier alpha value is -0.890. The maximum Gasteiger partial charge on any atom is 0.184 e. The van der Waals surface area contributed by atoms with Gasteiger partial charge in [-0.05, 0) is 13.8 Å². The fraction of sp³-hybridized carbons (Fsp3) is 0.941. The summed E-state index contributed by atoms with van der Waals surface area (Å²) in [5.41, 5.74) is 0.544. The third-order valence-electron chi connectivity index (χ3n) is 5.60. The Morgan fingerprint density at radius 2 is 1.64 bits per heavy atom. The first-order valence-corrected chi connectivity index (χ1v) is 9.42. The van der Waals surface area contributed by atoms with Crippen molar-refractivity contribution in [3.63, 3.8) is 0 Å². The molecule has 0 amide bonds. The zero-order valence-corrected chi connectivity index (χ0v) is 15.6. The lowest BCUT2D eigenvalue weighted by molar-refractivity contribution is -0.234. The standard InChI is InChI=1S/C17H27NO10/c1-17(2)26-14-13(25-16(23)15(14)27-17)7-3-6(28-18-7)4-8-10(20)12(22)11(21)9(5-19)24-8/h6,8-16,19-23H,3-5H2,1-2H3/t6-,8+,9+,10?,11?,12+,13+,14-,15-,16?/m0/s1. The molecular weight excluding hydrogens is 378 g/mol. The van der Waals surface area contributed by atoms with Gasteiger partial charge in [-0.2, -0.15) is 0 Å². The van der Waals surface area contributed by atoms with Crippen molar-refractivity contribution in [2.75, 3.05) is 6.61 Å². The van der Waals surface area contributed by atoms with Gasteiger partial charge in [0.2, 0.25) is 0 Å². The second-order valence-electron chi connectivity index (χ2n) is 8.13. The van der Waals surface area contributed by atoms with E-state index in [0.717, 1.165) is 0 Å². The number of oxime groups is 1. The third-order valence-corrected chi connectivity index (χ3v) is 5.60. The van der Waals surface area contributed by atoms with Gasteiger partial charge in [0, 0.05) is 12.8 Å². The lowest BCUT2D eigenvalue weighted by Gasteiger charge is -2.40. The van der Waals surface area contributed by atoms with Gasteiger partial charge >= 0.3 is 0 Å². The van der Waals surface area contributed by atoms with Crippen molar-refractivity contribution < 1.29 is 49.3 Å². The summed E-state index contributed by atoms with van der Waals surface area (Å²) in [5, 5.41) is 53.4. The van der Waals surface area contributed by atoms with E-state index in [1.165, 1.54) is 0 Å². The molecule has 0 aromatic rings. The van der Waals surface area contributed by atoms with E-state index in [1.807, 2.05) is 0 Å². The van der Waals surface area contributed by atoms with Crippen LogP contribution in [0.3, 0.4) is 0 Å². The summed E-state index contributed by atoms with van der Waals surface area (Å²) in [6, 6.07) is 0. The molecule has 11 heteroatoms. The number of rotatable bonds is 4. The van der Waals surface area contributed by atoms with E-state index in [4.69, 9.17) is 23.8 Å². The molecule has 5 N–H and O–H groups in total. The van der Waals surface area contributed by atoms with Gasteiger partial charge in [0.15, 0.2) is 12.1 Å². The molecule has 0 radical (unpaired) electrons. The highest BCUT2D eigenvalue weighted by molar-refractivity contribution is 5.90. The van der Waals surface area contributed by atoms with Crippen molar-refractivity contribution in [2.45, 2.75) is 93.7 Å². The average molecular weight is 405 g/mol. The highest BCUT2D eigenvalue weighted by Gasteiger charge is 2.57. The minimum Gasteiger partial charge on any atom is -0.394 e. The fourth-order valence-corrected chi connectivity index (χ4v) is 4.22. The van der Waals surface area contributed by atoms with Crippen LogP contribution in [0.4, 0.5) is 0 Å². The van der Waals surface area contributed by atoms with E-state index in [2.05, 4.69) is 5.16 Å². The second kappa shape index (κ2) is 7.42. The molecule has 0 aromatic carbocycles. The van der Waals surface area contributed by atoms with Crippen LogP contribution >= 0.6 is 0 Å². The lowest BCUT2D eigenvalue weighted by Crippen LogP contribution is -2.59. The third kappa shape index (κ3) is 3.55. The fourth-order valence-electron chi connectivity index (χ4n) is 4.22. The van der Waals surface area contributed by atoms with Crippen LogP contribution in [0, 0.1) is 0 Å². The predicted octanol–water partition coefficient (Wildman–Crippen LogP) is -2.40. The van der Waals surface area contributed by atoms with Crippen LogP contribution in [0.25, 0.3) is 0 Å². The first kappa shape index (κ1) is 20.4. The smallest absolute Gasteiger partial charge is 0.184 e. The Bertz CT molecular complexity index is 613. The molecule has 0 spiro atoms. The topological polar surface area (TPSA) is 160 Å². The number of ether oxygens (including phenoxy) is 4. The number of hydrogen-bond donors (Lipinski definition) is 5. The van der Waals surface area contributed by atoms with Gasteiger partial charge in [0.1, 0.15) is 48.8 Å². The molecule has 0 aromatic heterocycles. The first-order valence-electron chi connectivity index (χ1n) is 9.42. The van der Waals surface area contributed by atoms with E-state index >= 15 is 0 Å². The summed E-state index contributed by atoms with van der Waals surface area (Å²) in [6.07, 6.45) is -8.80. The van der Waals surface area contributed by atoms with Crippen LogP contribution in [0.5, 0.6) is 0 Å². The normalized spacial score (nSPS) is 50.3. The molecule has 11 nitrogen and oxygen atoms in total. The summed E-state index contributed by atoms with van der Waals surface area (Å²) >= 11 is 0. The molecule has 160 valence electrons. The SMILES string of the molecule is CC1(C)O[C@H]2[C@@H](C3=NO[C@H](C[C@H]4O[C@H](CO)C(O)[C@H](O)C4O)C3)OC(O)[C@H]2O1. The molecule has 4 heterocycles. The van der Waals surface area contributed by atoms with Gasteiger partial charge in [-0.25, -0.2) is 0 Å². The zero-order chi connectivity index (χ0) is 20.2. The molecule has 0 saturated carbocycles. The van der Waals surface area contributed by atoms with E-state index in [0.29, 0.717) is 12.1 Å². The zero-order valence-electron chi connectivity index (χ0n) is 15.6. The van der Waals surface area contributed by atoms with Crippen molar-refractivity contribution in [3.05, 3.63) is 0 Å². The molecule has 0 bridgehead atoms. The second-order valence-corrected chi connectivity index (χ2v) is 8.13. The van der Waals surface area contributed by atoms with Crippen LogP contribution in [0.2, 0.25) is 0 Å². The summed E-state index contributed by atoms with van der Waals surface area (Å²) in [5.74, 6) is -0.839. The largest absolute Gasteiger partial charge is 0.394 e. The Balaban J connectivity index is 1.37. The Kier molecular flexibility index (Phi) is 5.40. The monoisotopic (exact) mass is 405 g/mol. The minimum absolute atomic E-state index is 0.181. The summed E-state index contributed by atoms with van der Waals surface area (Å²) in [6.45, 7) is 3.02. The van der Waals surface area contributed by atoms with E-state index < -0.39 is 73.6 Å². The van der Waals surface area contributed by atoms with Crippen molar-refractivity contribution >= 4 is 5.71 Å². The van der Waals surface area contributed by atoms with Crippen molar-refractivity contribution in [2.24, 2.45) is 5.16 Å². The molecule has 3 unspecified atom stereocenters. The van der Waals surface area contributed by atoms with E-state index in [1.54, 1.807) is 13.8 Å². The van der Waals surface area contributed by atoms with Gasteiger partial charge in [0.25, 0.3) is 0 Å². The highest BCUT2D eigenvalue weighted by atomic mass is 16.8. The molecule has 10 atom stereocenters. The van der Waals surface area contributed by atoms with Gasteiger partial charge in [0.05, 0.1) is 18.4 Å². The number of fused-ring (bicyclic) bond motifs is 1. The van der Waals surface area contributed by atoms with Gasteiger partial charge in [-0.3, -0.25) is 0 Å². The van der Waals surface area contributed by atoms with Gasteiger partial charge in [-0.1, -0.05) is 5.16 Å². The van der Waals surface area contributed by atoms with Crippen molar-refractivity contribution in [1.29, 1.82) is 0 Å². The quantitative estimate of drug-likeness (QED) is 0.341. The maximum absolute atomic E-state index is 10.2. The minimum atomic E-state index is -1.43. The number of hydrogen-bond acceptors (Lipinski definition) is 11.